The van der Waals surface area contributed by atoms with Crippen molar-refractivity contribution < 1.29 is 24.2 Å². The van der Waals surface area contributed by atoms with Crippen LogP contribution < -0.4 is 0 Å². The van der Waals surface area contributed by atoms with Gasteiger partial charge < -0.3 is 14.6 Å². The zero-order valence-corrected chi connectivity index (χ0v) is 11.8. The predicted molar refractivity (Wildman–Crippen MR) is 73.1 cm³/mol. The Labute approximate surface area is 117 Å². The van der Waals surface area contributed by atoms with Gasteiger partial charge in [0.1, 0.15) is 6.10 Å². The minimum absolute atomic E-state index is 0.0827. The zero-order chi connectivity index (χ0) is 15.3. The Kier molecular flexibility index (Phi) is 5.46. The minimum atomic E-state index is -1.23. The van der Waals surface area contributed by atoms with Crippen LogP contribution in [0.15, 0.2) is 36.4 Å². The zero-order valence-electron chi connectivity index (χ0n) is 11.8. The van der Waals surface area contributed by atoms with E-state index in [1.165, 1.54) is 13.2 Å². The molecule has 1 aromatic rings. The molecule has 0 bridgehead atoms. The molecule has 5 heteroatoms. The number of hydrogen-bond donors (Lipinski definition) is 1. The molecule has 20 heavy (non-hydrogen) atoms. The molecule has 0 heterocycles. The van der Waals surface area contributed by atoms with Crippen LogP contribution >= 0.6 is 0 Å². The fourth-order valence-electron chi connectivity index (χ4n) is 1.56. The van der Waals surface area contributed by atoms with Crippen LogP contribution in [0.5, 0.6) is 0 Å². The lowest BCUT2D eigenvalue weighted by Crippen LogP contribution is -2.17. The first-order valence-electron chi connectivity index (χ1n) is 6.13. The van der Waals surface area contributed by atoms with Crippen LogP contribution in [0.1, 0.15) is 35.9 Å². The minimum Gasteiger partial charge on any atom is -0.465 e. The molecular weight excluding hydrogens is 260 g/mol. The second kappa shape index (κ2) is 6.86. The second-order valence-corrected chi connectivity index (χ2v) is 4.50. The topological polar surface area (TPSA) is 72.8 Å². The molecular formula is C15H18O5. The molecule has 0 aromatic heterocycles. The van der Waals surface area contributed by atoms with Crippen LogP contribution in [-0.4, -0.2) is 30.3 Å². The maximum absolute atomic E-state index is 11.7. The molecule has 0 aliphatic carbocycles. The van der Waals surface area contributed by atoms with Gasteiger partial charge in [0.25, 0.3) is 0 Å². The summed E-state index contributed by atoms with van der Waals surface area (Å²) in [4.78, 5) is 23.1. The van der Waals surface area contributed by atoms with Crippen LogP contribution in [0.4, 0.5) is 0 Å². The monoisotopic (exact) mass is 278 g/mol. The fourth-order valence-corrected chi connectivity index (χ4v) is 1.56. The van der Waals surface area contributed by atoms with Crippen LogP contribution in [-0.2, 0) is 14.3 Å². The van der Waals surface area contributed by atoms with E-state index in [1.807, 2.05) is 0 Å². The summed E-state index contributed by atoms with van der Waals surface area (Å²) in [6.45, 7) is 6.95. The lowest BCUT2D eigenvalue weighted by atomic mass is 10.0. The Bertz CT molecular complexity index is 519. The van der Waals surface area contributed by atoms with Gasteiger partial charge in [0, 0.05) is 0 Å². The van der Waals surface area contributed by atoms with Gasteiger partial charge in [0.15, 0.2) is 0 Å². The fraction of sp³-hybridized carbons (Fsp3) is 0.333. The Morgan fingerprint density at radius 2 is 1.95 bits per heavy atom. The third kappa shape index (κ3) is 3.93. The largest absolute Gasteiger partial charge is 0.465 e. The van der Waals surface area contributed by atoms with E-state index >= 15 is 0 Å². The van der Waals surface area contributed by atoms with Crippen LogP contribution in [0.2, 0.25) is 0 Å². The lowest BCUT2D eigenvalue weighted by molar-refractivity contribution is -0.143. The first-order chi connectivity index (χ1) is 9.36. The summed E-state index contributed by atoms with van der Waals surface area (Å²) >= 11 is 0. The van der Waals surface area contributed by atoms with Gasteiger partial charge in [-0.1, -0.05) is 18.7 Å². The smallest absolute Gasteiger partial charge is 0.337 e. The van der Waals surface area contributed by atoms with Crippen molar-refractivity contribution in [2.24, 2.45) is 0 Å². The standard InChI is InChI=1S/C15H18O5/c1-9(2)20-14(17)10(3)13(16)11-6-5-7-12(8-11)15(18)19-4/h5-9,13,16H,3H2,1-2,4H3. The highest BCUT2D eigenvalue weighted by atomic mass is 16.5. The van der Waals surface area contributed by atoms with E-state index < -0.39 is 18.0 Å². The molecule has 5 nitrogen and oxygen atoms in total. The lowest BCUT2D eigenvalue weighted by Gasteiger charge is -2.15. The number of hydrogen-bond acceptors (Lipinski definition) is 5. The molecule has 0 spiro atoms. The Hall–Kier alpha value is -2.14. The van der Waals surface area contributed by atoms with Gasteiger partial charge in [-0.2, -0.15) is 0 Å². The van der Waals surface area contributed by atoms with Gasteiger partial charge >= 0.3 is 11.9 Å². The van der Waals surface area contributed by atoms with Gasteiger partial charge in [0.05, 0.1) is 24.4 Å². The maximum Gasteiger partial charge on any atom is 0.337 e. The van der Waals surface area contributed by atoms with E-state index in [1.54, 1.807) is 32.0 Å². The Morgan fingerprint density at radius 1 is 1.30 bits per heavy atom. The van der Waals surface area contributed by atoms with Gasteiger partial charge in [-0.15, -0.1) is 0 Å². The summed E-state index contributed by atoms with van der Waals surface area (Å²) in [7, 11) is 1.27. The number of ether oxygens (including phenoxy) is 2. The summed E-state index contributed by atoms with van der Waals surface area (Å²) in [5, 5.41) is 10.1. The molecule has 108 valence electrons. The number of aliphatic hydroxyl groups is 1. The van der Waals surface area contributed by atoms with Crippen molar-refractivity contribution in [1.82, 2.24) is 0 Å². The van der Waals surface area contributed by atoms with Gasteiger partial charge in [-0.3, -0.25) is 0 Å². The molecule has 1 rings (SSSR count). The second-order valence-electron chi connectivity index (χ2n) is 4.50. The van der Waals surface area contributed by atoms with Crippen LogP contribution in [0.25, 0.3) is 0 Å². The maximum atomic E-state index is 11.7. The van der Waals surface area contributed by atoms with E-state index in [4.69, 9.17) is 4.74 Å². The van der Waals surface area contributed by atoms with Crippen molar-refractivity contribution in [2.75, 3.05) is 7.11 Å². The number of carbonyl (C=O) groups excluding carboxylic acids is 2. The van der Waals surface area contributed by atoms with Crippen molar-refractivity contribution in [3.63, 3.8) is 0 Å². The summed E-state index contributed by atoms with van der Waals surface area (Å²) in [5.41, 5.74) is 0.577. The molecule has 1 unspecified atom stereocenters. The number of esters is 2. The predicted octanol–water partition coefficient (Wildman–Crippen LogP) is 2.01. The van der Waals surface area contributed by atoms with E-state index in [0.717, 1.165) is 0 Å². The molecule has 0 radical (unpaired) electrons. The Morgan fingerprint density at radius 3 is 2.50 bits per heavy atom. The normalized spacial score (nSPS) is 11.8. The van der Waals surface area contributed by atoms with Crippen molar-refractivity contribution in [2.45, 2.75) is 26.1 Å². The van der Waals surface area contributed by atoms with Crippen molar-refractivity contribution in [1.29, 1.82) is 0 Å². The number of methoxy groups -OCH3 is 1. The summed E-state index contributed by atoms with van der Waals surface area (Å²) in [5.74, 6) is -1.19. The molecule has 1 aromatic carbocycles. The number of carbonyl (C=O) groups is 2. The molecule has 0 aliphatic rings. The number of aliphatic hydroxyl groups excluding tert-OH is 1. The van der Waals surface area contributed by atoms with Gasteiger partial charge in [-0.05, 0) is 31.5 Å². The number of benzene rings is 1. The highest BCUT2D eigenvalue weighted by molar-refractivity contribution is 5.91. The van der Waals surface area contributed by atoms with Crippen LogP contribution in [0.3, 0.4) is 0 Å². The summed E-state index contributed by atoms with van der Waals surface area (Å²) in [6, 6.07) is 6.18. The first kappa shape index (κ1) is 15.9. The molecule has 0 aliphatic heterocycles. The quantitative estimate of drug-likeness (QED) is 0.659. The van der Waals surface area contributed by atoms with Crippen molar-refractivity contribution in [3.05, 3.63) is 47.5 Å². The highest BCUT2D eigenvalue weighted by Crippen LogP contribution is 2.22. The number of rotatable bonds is 5. The average Bonchev–Trinajstić information content (AvgIpc) is 2.44. The third-order valence-corrected chi connectivity index (χ3v) is 2.56. The highest BCUT2D eigenvalue weighted by Gasteiger charge is 2.21. The molecule has 0 saturated heterocycles. The van der Waals surface area contributed by atoms with Crippen molar-refractivity contribution in [3.8, 4) is 0 Å². The molecule has 0 saturated carbocycles. The van der Waals surface area contributed by atoms with E-state index in [-0.39, 0.29) is 17.2 Å². The summed E-state index contributed by atoms with van der Waals surface area (Å²) in [6.07, 6.45) is -1.53. The van der Waals surface area contributed by atoms with E-state index in [0.29, 0.717) is 5.56 Å². The third-order valence-electron chi connectivity index (χ3n) is 2.56. The Balaban J connectivity index is 2.92. The molecule has 0 fully saturated rings. The molecule has 0 amide bonds. The molecule has 1 N–H and O–H groups in total. The van der Waals surface area contributed by atoms with E-state index in [9.17, 15) is 14.7 Å². The van der Waals surface area contributed by atoms with Gasteiger partial charge in [-0.25, -0.2) is 9.59 Å². The first-order valence-corrected chi connectivity index (χ1v) is 6.13. The van der Waals surface area contributed by atoms with Gasteiger partial charge in [0.2, 0.25) is 0 Å². The molecule has 1 atom stereocenters. The SMILES string of the molecule is C=C(C(=O)OC(C)C)C(O)c1cccc(C(=O)OC)c1. The summed E-state index contributed by atoms with van der Waals surface area (Å²) < 4.78 is 9.56. The van der Waals surface area contributed by atoms with Crippen LogP contribution in [0, 0.1) is 0 Å². The average molecular weight is 278 g/mol. The van der Waals surface area contributed by atoms with Crippen molar-refractivity contribution >= 4 is 11.9 Å². The van der Waals surface area contributed by atoms with E-state index in [2.05, 4.69) is 11.3 Å².